The van der Waals surface area contributed by atoms with Gasteiger partial charge in [0.2, 0.25) is 10.0 Å². The summed E-state index contributed by atoms with van der Waals surface area (Å²) in [5.41, 5.74) is 0.217. The average molecular weight is 451 g/mol. The van der Waals surface area contributed by atoms with Gasteiger partial charge < -0.3 is 14.7 Å². The van der Waals surface area contributed by atoms with Crippen molar-refractivity contribution in [1.82, 2.24) is 19.2 Å². The summed E-state index contributed by atoms with van der Waals surface area (Å²) in [5.74, 6) is -0.575. The van der Waals surface area contributed by atoms with Crippen molar-refractivity contribution in [2.45, 2.75) is 30.9 Å². The van der Waals surface area contributed by atoms with Crippen LogP contribution in [0.4, 0.5) is 0 Å². The highest BCUT2D eigenvalue weighted by Gasteiger charge is 2.33. The van der Waals surface area contributed by atoms with Gasteiger partial charge in [-0.1, -0.05) is 25.1 Å². The molecule has 1 aromatic heterocycles. The third kappa shape index (κ3) is 6.30. The SMILES string of the molecule is CO[C@@H](CN(C)C(=O)c1cnccn1)[C@@H](C)CN([C@@H](C)CO)S(=O)(=O)c1ccccc1. The standard InChI is InChI=1S/C21H30N4O5S/c1-16(20(30-4)14-24(3)21(27)19-12-22-10-11-23-19)13-25(17(2)15-26)31(28,29)18-8-6-5-7-9-18/h5-12,16-17,20,26H,13-15H2,1-4H3/t16-,17-,20-/m0/s1. The molecule has 31 heavy (non-hydrogen) atoms. The summed E-state index contributed by atoms with van der Waals surface area (Å²) in [6.07, 6.45) is 3.88. The first-order valence-corrected chi connectivity index (χ1v) is 11.4. The molecule has 0 aliphatic rings. The highest BCUT2D eigenvalue weighted by atomic mass is 32.2. The smallest absolute Gasteiger partial charge is 0.273 e. The van der Waals surface area contributed by atoms with E-state index in [2.05, 4.69) is 9.97 Å². The largest absolute Gasteiger partial charge is 0.395 e. The van der Waals surface area contributed by atoms with Gasteiger partial charge >= 0.3 is 0 Å². The van der Waals surface area contributed by atoms with Gasteiger partial charge in [-0.3, -0.25) is 9.78 Å². The number of rotatable bonds is 11. The van der Waals surface area contributed by atoms with E-state index >= 15 is 0 Å². The summed E-state index contributed by atoms with van der Waals surface area (Å²) in [6, 6.07) is 7.49. The Hall–Kier alpha value is -2.40. The van der Waals surface area contributed by atoms with Crippen molar-refractivity contribution in [2.24, 2.45) is 5.92 Å². The highest BCUT2D eigenvalue weighted by molar-refractivity contribution is 7.89. The molecular weight excluding hydrogens is 420 g/mol. The molecule has 2 rings (SSSR count). The van der Waals surface area contributed by atoms with E-state index in [4.69, 9.17) is 4.74 Å². The lowest BCUT2D eigenvalue weighted by Crippen LogP contribution is -2.47. The van der Waals surface area contributed by atoms with Crippen LogP contribution in [-0.4, -0.2) is 84.6 Å². The predicted molar refractivity (Wildman–Crippen MR) is 116 cm³/mol. The first-order valence-electron chi connectivity index (χ1n) is 9.94. The first kappa shape index (κ1) is 24.9. The van der Waals surface area contributed by atoms with Crippen LogP contribution in [-0.2, 0) is 14.8 Å². The van der Waals surface area contributed by atoms with Crippen molar-refractivity contribution in [1.29, 1.82) is 0 Å². The molecular formula is C21H30N4O5S. The van der Waals surface area contributed by atoms with Crippen molar-refractivity contribution in [3.8, 4) is 0 Å². The number of ether oxygens (including phenoxy) is 1. The van der Waals surface area contributed by atoms with Gasteiger partial charge in [-0.15, -0.1) is 0 Å². The molecule has 1 aromatic carbocycles. The molecule has 0 fully saturated rings. The maximum absolute atomic E-state index is 13.2. The summed E-state index contributed by atoms with van der Waals surface area (Å²) < 4.78 is 33.2. The molecule has 1 amide bonds. The molecule has 0 aliphatic heterocycles. The topological polar surface area (TPSA) is 113 Å². The number of aliphatic hydroxyl groups is 1. The molecule has 1 heterocycles. The number of aromatic nitrogens is 2. The van der Waals surface area contributed by atoms with E-state index in [-0.39, 0.29) is 42.1 Å². The summed E-state index contributed by atoms with van der Waals surface area (Å²) in [7, 11) is -0.667. The maximum Gasteiger partial charge on any atom is 0.273 e. The normalized spacial score (nSPS) is 14.8. The van der Waals surface area contributed by atoms with E-state index in [1.54, 1.807) is 32.2 Å². The van der Waals surface area contributed by atoms with E-state index in [1.165, 1.54) is 47.0 Å². The highest BCUT2D eigenvalue weighted by Crippen LogP contribution is 2.22. The fourth-order valence-electron chi connectivity index (χ4n) is 3.18. The Bertz CT molecular complexity index is 927. The molecule has 0 saturated carbocycles. The van der Waals surface area contributed by atoms with Crippen LogP contribution < -0.4 is 0 Å². The van der Waals surface area contributed by atoms with Gasteiger partial charge in [-0.25, -0.2) is 13.4 Å². The van der Waals surface area contributed by atoms with Gasteiger partial charge in [0, 0.05) is 45.7 Å². The number of sulfonamides is 1. The monoisotopic (exact) mass is 450 g/mol. The first-order chi connectivity index (χ1) is 14.7. The lowest BCUT2D eigenvalue weighted by molar-refractivity contribution is 0.0219. The second-order valence-electron chi connectivity index (χ2n) is 7.45. The van der Waals surface area contributed by atoms with Gasteiger partial charge in [0.1, 0.15) is 5.69 Å². The summed E-state index contributed by atoms with van der Waals surface area (Å²) >= 11 is 0. The van der Waals surface area contributed by atoms with Crippen LogP contribution in [0.15, 0.2) is 53.8 Å². The third-order valence-electron chi connectivity index (χ3n) is 5.09. The van der Waals surface area contributed by atoms with E-state index in [9.17, 15) is 18.3 Å². The van der Waals surface area contributed by atoms with Gasteiger partial charge in [0.25, 0.3) is 5.91 Å². The molecule has 2 aromatic rings. The van der Waals surface area contributed by atoms with Crippen molar-refractivity contribution >= 4 is 15.9 Å². The van der Waals surface area contributed by atoms with Crippen molar-refractivity contribution in [3.05, 3.63) is 54.6 Å². The molecule has 0 aliphatic carbocycles. The van der Waals surface area contributed by atoms with Crippen LogP contribution >= 0.6 is 0 Å². The van der Waals surface area contributed by atoms with Gasteiger partial charge in [-0.05, 0) is 25.0 Å². The zero-order valence-electron chi connectivity index (χ0n) is 18.2. The minimum atomic E-state index is -3.82. The van der Waals surface area contributed by atoms with E-state index < -0.39 is 22.2 Å². The third-order valence-corrected chi connectivity index (χ3v) is 7.09. The second kappa shape index (κ2) is 11.3. The fourth-order valence-corrected chi connectivity index (χ4v) is 4.92. The van der Waals surface area contributed by atoms with Crippen LogP contribution in [0, 0.1) is 5.92 Å². The summed E-state index contributed by atoms with van der Waals surface area (Å²) in [6.45, 7) is 3.54. The number of likely N-dealkylation sites (N-methyl/N-ethyl adjacent to an activating group) is 1. The molecule has 0 saturated heterocycles. The van der Waals surface area contributed by atoms with Crippen LogP contribution in [0.5, 0.6) is 0 Å². The van der Waals surface area contributed by atoms with Crippen LogP contribution in [0.25, 0.3) is 0 Å². The Morgan fingerprint density at radius 3 is 2.39 bits per heavy atom. The van der Waals surface area contributed by atoms with E-state index in [0.717, 1.165) is 0 Å². The van der Waals surface area contributed by atoms with Crippen LogP contribution in [0.3, 0.4) is 0 Å². The lowest BCUT2D eigenvalue weighted by Gasteiger charge is -2.33. The molecule has 9 nitrogen and oxygen atoms in total. The number of methoxy groups -OCH3 is 1. The number of benzene rings is 1. The quantitative estimate of drug-likeness (QED) is 0.548. The Morgan fingerprint density at radius 1 is 1.16 bits per heavy atom. The Labute approximate surface area is 183 Å². The van der Waals surface area contributed by atoms with E-state index in [1.807, 2.05) is 6.92 Å². The van der Waals surface area contributed by atoms with Gasteiger partial charge in [0.15, 0.2) is 0 Å². The Morgan fingerprint density at radius 2 is 1.84 bits per heavy atom. The number of carbonyl (C=O) groups excluding carboxylic acids is 1. The summed E-state index contributed by atoms with van der Waals surface area (Å²) in [4.78, 5) is 22.1. The molecule has 1 N–H and O–H groups in total. The number of nitrogens with zero attached hydrogens (tertiary/aromatic N) is 4. The lowest BCUT2D eigenvalue weighted by atomic mass is 10.0. The van der Waals surface area contributed by atoms with Crippen molar-refractivity contribution < 1.29 is 23.1 Å². The maximum atomic E-state index is 13.2. The molecule has 3 atom stereocenters. The number of amides is 1. The van der Waals surface area contributed by atoms with Gasteiger partial charge in [0.05, 0.1) is 23.8 Å². The number of aliphatic hydroxyl groups excluding tert-OH is 1. The molecule has 10 heteroatoms. The van der Waals surface area contributed by atoms with E-state index in [0.29, 0.717) is 0 Å². The Kier molecular flexibility index (Phi) is 9.05. The number of hydrogen-bond donors (Lipinski definition) is 1. The van der Waals surface area contributed by atoms with Crippen molar-refractivity contribution in [2.75, 3.05) is 33.9 Å². The van der Waals surface area contributed by atoms with Crippen LogP contribution in [0.1, 0.15) is 24.3 Å². The Balaban J connectivity index is 2.17. The molecule has 170 valence electrons. The average Bonchev–Trinajstić information content (AvgIpc) is 2.80. The van der Waals surface area contributed by atoms with Crippen molar-refractivity contribution in [3.63, 3.8) is 0 Å². The molecule has 0 bridgehead atoms. The molecule has 0 spiro atoms. The second-order valence-corrected chi connectivity index (χ2v) is 9.34. The predicted octanol–water partition coefficient (Wildman–Crippen LogP) is 1.27. The molecule has 0 unspecified atom stereocenters. The number of hydrogen-bond acceptors (Lipinski definition) is 7. The summed E-state index contributed by atoms with van der Waals surface area (Å²) in [5, 5.41) is 9.67. The fraction of sp³-hybridized carbons (Fsp3) is 0.476. The zero-order chi connectivity index (χ0) is 23.0. The van der Waals surface area contributed by atoms with Crippen LogP contribution in [0.2, 0.25) is 0 Å². The number of carbonyl (C=O) groups is 1. The zero-order valence-corrected chi connectivity index (χ0v) is 19.1. The molecule has 0 radical (unpaired) electrons. The minimum absolute atomic E-state index is 0.116. The van der Waals surface area contributed by atoms with Gasteiger partial charge in [-0.2, -0.15) is 4.31 Å². The minimum Gasteiger partial charge on any atom is -0.395 e.